The lowest BCUT2D eigenvalue weighted by Gasteiger charge is -2.38. The summed E-state index contributed by atoms with van der Waals surface area (Å²) in [5.41, 5.74) is 0.836. The fourth-order valence-electron chi connectivity index (χ4n) is 3.20. The molecular formula is C16H19NO3. The molecule has 0 spiro atoms. The number of carbonyl (C=O) groups excluding carboxylic acids is 1. The fourth-order valence-corrected chi connectivity index (χ4v) is 3.20. The van der Waals surface area contributed by atoms with Gasteiger partial charge in [0.15, 0.2) is 0 Å². The van der Waals surface area contributed by atoms with Gasteiger partial charge >= 0.3 is 6.09 Å². The van der Waals surface area contributed by atoms with E-state index in [1.807, 2.05) is 41.3 Å². The Kier molecular flexibility index (Phi) is 3.38. The number of amides is 1. The highest BCUT2D eigenvalue weighted by Crippen LogP contribution is 2.51. The van der Waals surface area contributed by atoms with Crippen molar-refractivity contribution in [2.75, 3.05) is 13.7 Å². The lowest BCUT2D eigenvalue weighted by Crippen LogP contribution is -2.46. The van der Waals surface area contributed by atoms with Crippen LogP contribution < -0.4 is 0 Å². The van der Waals surface area contributed by atoms with Crippen LogP contribution in [0.2, 0.25) is 0 Å². The Hall–Kier alpha value is -1.97. The Bertz CT molecular complexity index is 506. The van der Waals surface area contributed by atoms with Crippen molar-refractivity contribution in [3.63, 3.8) is 0 Å². The second-order valence-electron chi connectivity index (χ2n) is 5.57. The fraction of sp³-hybridized carbons (Fsp3) is 0.438. The normalized spacial score (nSPS) is 27.4. The highest BCUT2D eigenvalue weighted by molar-refractivity contribution is 5.70. The quantitative estimate of drug-likeness (QED) is 0.792. The summed E-state index contributed by atoms with van der Waals surface area (Å²) in [5, 5.41) is 0. The van der Waals surface area contributed by atoms with Crippen molar-refractivity contribution >= 4 is 6.09 Å². The summed E-state index contributed by atoms with van der Waals surface area (Å²) in [6, 6.07) is 9.75. The number of methoxy groups -OCH3 is 1. The minimum Gasteiger partial charge on any atom is -0.505 e. The van der Waals surface area contributed by atoms with Crippen molar-refractivity contribution in [1.82, 2.24) is 4.90 Å². The van der Waals surface area contributed by atoms with Crippen LogP contribution in [0.15, 0.2) is 42.7 Å². The number of fused-ring (bicyclic) bond motifs is 1. The molecule has 1 aromatic carbocycles. The molecule has 1 amide bonds. The Morgan fingerprint density at radius 3 is 2.85 bits per heavy atom. The zero-order valence-corrected chi connectivity index (χ0v) is 11.6. The number of carbonyl (C=O) groups is 1. The van der Waals surface area contributed by atoms with Crippen LogP contribution in [-0.2, 0) is 16.1 Å². The topological polar surface area (TPSA) is 38.8 Å². The molecule has 1 aromatic rings. The smallest absolute Gasteiger partial charge is 0.410 e. The van der Waals surface area contributed by atoms with Gasteiger partial charge in [-0.1, -0.05) is 30.3 Å². The third-order valence-corrected chi connectivity index (χ3v) is 4.20. The van der Waals surface area contributed by atoms with Crippen molar-refractivity contribution < 1.29 is 14.3 Å². The highest BCUT2D eigenvalue weighted by Gasteiger charge is 2.57. The van der Waals surface area contributed by atoms with Crippen LogP contribution in [0.4, 0.5) is 4.79 Å². The summed E-state index contributed by atoms with van der Waals surface area (Å²) >= 11 is 0. The molecular weight excluding hydrogens is 254 g/mol. The van der Waals surface area contributed by atoms with Crippen LogP contribution in [-0.4, -0.2) is 30.2 Å². The zero-order chi connectivity index (χ0) is 14.0. The van der Waals surface area contributed by atoms with E-state index in [4.69, 9.17) is 9.47 Å². The van der Waals surface area contributed by atoms with Crippen molar-refractivity contribution in [2.45, 2.75) is 25.0 Å². The van der Waals surface area contributed by atoms with Gasteiger partial charge in [-0.05, 0) is 30.4 Å². The summed E-state index contributed by atoms with van der Waals surface area (Å²) < 4.78 is 10.4. The first-order valence-electron chi connectivity index (χ1n) is 6.92. The van der Waals surface area contributed by atoms with Crippen LogP contribution in [0, 0.1) is 5.92 Å². The summed E-state index contributed by atoms with van der Waals surface area (Å²) in [5.74, 6) is 0.612. The summed E-state index contributed by atoms with van der Waals surface area (Å²) in [4.78, 5) is 14.1. The summed E-state index contributed by atoms with van der Waals surface area (Å²) in [6.45, 7) is 1.12. The van der Waals surface area contributed by atoms with Gasteiger partial charge in [0.05, 0.1) is 18.9 Å². The molecule has 2 saturated heterocycles. The predicted octanol–water partition coefficient (Wildman–Crippen LogP) is 2.95. The van der Waals surface area contributed by atoms with Gasteiger partial charge in [0.1, 0.15) is 6.61 Å². The lowest BCUT2D eigenvalue weighted by molar-refractivity contribution is 0.0766. The molecule has 4 rings (SSSR count). The summed E-state index contributed by atoms with van der Waals surface area (Å²) in [6.07, 6.45) is 5.47. The molecule has 1 aliphatic carbocycles. The first kappa shape index (κ1) is 13.0. The number of rotatable bonds is 4. The first-order valence-corrected chi connectivity index (χ1v) is 6.92. The number of benzene rings is 1. The van der Waals surface area contributed by atoms with Gasteiger partial charge in [-0.15, -0.1) is 0 Å². The van der Waals surface area contributed by atoms with E-state index < -0.39 is 0 Å². The van der Waals surface area contributed by atoms with E-state index in [1.54, 1.807) is 13.4 Å². The van der Waals surface area contributed by atoms with Crippen molar-refractivity contribution in [3.05, 3.63) is 48.2 Å². The molecule has 0 atom stereocenters. The van der Waals surface area contributed by atoms with E-state index in [0.29, 0.717) is 12.5 Å². The van der Waals surface area contributed by atoms with Gasteiger partial charge in [0.2, 0.25) is 0 Å². The van der Waals surface area contributed by atoms with Crippen molar-refractivity contribution in [3.8, 4) is 0 Å². The molecule has 2 bridgehead atoms. The molecule has 0 unspecified atom stereocenters. The lowest BCUT2D eigenvalue weighted by atomic mass is 9.73. The average Bonchev–Trinajstić information content (AvgIpc) is 2.99. The summed E-state index contributed by atoms with van der Waals surface area (Å²) in [7, 11) is 1.62. The second-order valence-corrected chi connectivity index (χ2v) is 5.57. The maximum Gasteiger partial charge on any atom is 0.410 e. The maximum atomic E-state index is 12.3. The molecule has 3 fully saturated rings. The molecule has 0 N–H and O–H groups in total. The molecule has 0 aromatic heterocycles. The van der Waals surface area contributed by atoms with E-state index in [2.05, 4.69) is 0 Å². The molecule has 1 saturated carbocycles. The number of nitrogens with zero attached hydrogens (tertiary/aromatic N) is 1. The van der Waals surface area contributed by atoms with E-state index in [-0.39, 0.29) is 11.6 Å². The van der Waals surface area contributed by atoms with Crippen molar-refractivity contribution in [1.29, 1.82) is 0 Å². The van der Waals surface area contributed by atoms with Gasteiger partial charge in [-0.2, -0.15) is 0 Å². The highest BCUT2D eigenvalue weighted by atomic mass is 16.6. The zero-order valence-electron chi connectivity index (χ0n) is 11.6. The van der Waals surface area contributed by atoms with E-state index >= 15 is 0 Å². The van der Waals surface area contributed by atoms with Gasteiger partial charge < -0.3 is 9.47 Å². The monoisotopic (exact) mass is 273 g/mol. The Labute approximate surface area is 119 Å². The second kappa shape index (κ2) is 5.19. The minimum atomic E-state index is -0.227. The Morgan fingerprint density at radius 2 is 2.15 bits per heavy atom. The van der Waals surface area contributed by atoms with E-state index in [1.165, 1.54) is 0 Å². The number of ether oxygens (including phenoxy) is 2. The molecule has 2 heterocycles. The van der Waals surface area contributed by atoms with Crippen LogP contribution in [0.25, 0.3) is 0 Å². The van der Waals surface area contributed by atoms with Gasteiger partial charge in [0.25, 0.3) is 0 Å². The van der Waals surface area contributed by atoms with Gasteiger partial charge in [-0.3, -0.25) is 4.90 Å². The van der Waals surface area contributed by atoms with Crippen molar-refractivity contribution in [2.24, 2.45) is 5.92 Å². The number of hydrogen-bond donors (Lipinski definition) is 0. The van der Waals surface area contributed by atoms with Gasteiger partial charge in [-0.25, -0.2) is 4.79 Å². The molecule has 3 aliphatic rings. The molecule has 106 valence electrons. The molecule has 2 aliphatic heterocycles. The standard InChI is InChI=1S/C16H19NO3/c1-19-8-7-16-9-14(10-16)11-17(16)15(18)20-12-13-5-3-2-4-6-13/h2-8,14H,9-12H2,1H3/b8-7+. The van der Waals surface area contributed by atoms with Crippen LogP contribution in [0.1, 0.15) is 18.4 Å². The molecule has 4 heteroatoms. The van der Waals surface area contributed by atoms with Crippen LogP contribution in [0.5, 0.6) is 0 Å². The SMILES string of the molecule is CO/C=C/C12CC(CN1C(=O)OCc1ccccc1)C2. The molecule has 4 nitrogen and oxygen atoms in total. The number of hydrogen-bond acceptors (Lipinski definition) is 3. The minimum absolute atomic E-state index is 0.172. The average molecular weight is 273 g/mol. The maximum absolute atomic E-state index is 12.3. The Balaban J connectivity index is 1.61. The van der Waals surface area contributed by atoms with Crippen LogP contribution >= 0.6 is 0 Å². The molecule has 0 radical (unpaired) electrons. The van der Waals surface area contributed by atoms with E-state index in [0.717, 1.165) is 24.9 Å². The third-order valence-electron chi connectivity index (χ3n) is 4.20. The predicted molar refractivity (Wildman–Crippen MR) is 74.9 cm³/mol. The first-order chi connectivity index (χ1) is 9.73. The molecule has 20 heavy (non-hydrogen) atoms. The van der Waals surface area contributed by atoms with Crippen LogP contribution in [0.3, 0.4) is 0 Å². The Morgan fingerprint density at radius 1 is 1.40 bits per heavy atom. The third kappa shape index (κ3) is 2.26. The van der Waals surface area contributed by atoms with Gasteiger partial charge in [0, 0.05) is 6.54 Å². The largest absolute Gasteiger partial charge is 0.505 e. The van der Waals surface area contributed by atoms with E-state index in [9.17, 15) is 4.79 Å².